The van der Waals surface area contributed by atoms with E-state index in [0.717, 1.165) is 32.0 Å². The molecular weight excluding hydrogens is 330 g/mol. The molecule has 2 aliphatic carbocycles. The van der Waals surface area contributed by atoms with Crippen LogP contribution in [0.5, 0.6) is 0 Å². The van der Waals surface area contributed by atoms with E-state index in [0.29, 0.717) is 24.7 Å². The van der Waals surface area contributed by atoms with E-state index in [1.165, 1.54) is 38.5 Å². The number of hydrogen-bond donors (Lipinski definition) is 1. The number of hydrogen-bond acceptors (Lipinski definition) is 4. The van der Waals surface area contributed by atoms with Crippen molar-refractivity contribution in [2.45, 2.75) is 78.6 Å². The van der Waals surface area contributed by atoms with Gasteiger partial charge < -0.3 is 15.2 Å². The lowest BCUT2D eigenvalue weighted by atomic mass is 9.79. The predicted molar refractivity (Wildman–Crippen MR) is 106 cm³/mol. The van der Waals surface area contributed by atoms with Crippen molar-refractivity contribution in [3.05, 3.63) is 0 Å². The molecule has 0 spiro atoms. The fourth-order valence-electron chi connectivity index (χ4n) is 2.94. The van der Waals surface area contributed by atoms with Crippen LogP contribution in [0.4, 0.5) is 0 Å². The second-order valence-electron chi connectivity index (χ2n) is 7.56. The van der Waals surface area contributed by atoms with Crippen LogP contribution in [0.1, 0.15) is 78.6 Å². The summed E-state index contributed by atoms with van der Waals surface area (Å²) in [7, 11) is 1.68. The van der Waals surface area contributed by atoms with Crippen molar-refractivity contribution < 1.29 is 19.1 Å². The van der Waals surface area contributed by atoms with E-state index >= 15 is 0 Å². The van der Waals surface area contributed by atoms with Crippen LogP contribution in [0.2, 0.25) is 0 Å². The van der Waals surface area contributed by atoms with Gasteiger partial charge >= 0.3 is 0 Å². The van der Waals surface area contributed by atoms with E-state index in [1.54, 1.807) is 7.11 Å². The van der Waals surface area contributed by atoms with Crippen LogP contribution >= 0.6 is 0 Å². The zero-order valence-corrected chi connectivity index (χ0v) is 17.4. The summed E-state index contributed by atoms with van der Waals surface area (Å²) >= 11 is 0. The van der Waals surface area contributed by atoms with Crippen LogP contribution in [-0.4, -0.2) is 38.6 Å². The molecule has 0 radical (unpaired) electrons. The van der Waals surface area contributed by atoms with Crippen LogP contribution in [0.3, 0.4) is 0 Å². The Morgan fingerprint density at radius 2 is 1.62 bits per heavy atom. The molecule has 5 nitrogen and oxygen atoms in total. The van der Waals surface area contributed by atoms with Gasteiger partial charge in [-0.2, -0.15) is 0 Å². The molecule has 2 fully saturated rings. The number of rotatable bonds is 8. The normalized spacial score (nSPS) is 17.4. The average molecular weight is 372 g/mol. The zero-order chi connectivity index (χ0) is 19.8. The van der Waals surface area contributed by atoms with Crippen LogP contribution < -0.4 is 5.73 Å². The van der Waals surface area contributed by atoms with Crippen molar-refractivity contribution in [1.29, 1.82) is 0 Å². The van der Waals surface area contributed by atoms with Gasteiger partial charge in [0.15, 0.2) is 0 Å². The minimum absolute atomic E-state index is 0.260. The Labute approximate surface area is 160 Å². The third kappa shape index (κ3) is 13.3. The molecule has 0 aromatic rings. The molecule has 0 heterocycles. The molecule has 1 amide bonds. The summed E-state index contributed by atoms with van der Waals surface area (Å²) in [6.07, 6.45) is 10.5. The molecule has 0 bridgehead atoms. The summed E-state index contributed by atoms with van der Waals surface area (Å²) in [5, 5.41) is 0. The molecule has 0 aromatic carbocycles. The van der Waals surface area contributed by atoms with Crippen molar-refractivity contribution in [2.75, 3.05) is 26.9 Å². The summed E-state index contributed by atoms with van der Waals surface area (Å²) in [5.41, 5.74) is 4.99. The van der Waals surface area contributed by atoms with Crippen molar-refractivity contribution in [2.24, 2.45) is 23.5 Å². The first-order valence-electron chi connectivity index (χ1n) is 10.3. The predicted octanol–water partition coefficient (Wildman–Crippen LogP) is 4.12. The fraction of sp³-hybridized carbons (Fsp3) is 0.905. The highest BCUT2D eigenvalue weighted by Crippen LogP contribution is 2.29. The molecule has 2 rings (SSSR count). The molecule has 0 aliphatic heterocycles. The molecule has 0 atom stereocenters. The highest BCUT2D eigenvalue weighted by molar-refractivity contribution is 5.83. The Kier molecular flexibility index (Phi) is 15.7. The average Bonchev–Trinajstić information content (AvgIpc) is 2.59. The molecular formula is C21H41NO4. The van der Waals surface area contributed by atoms with E-state index in [1.807, 2.05) is 20.8 Å². The number of ketones is 1. The quantitative estimate of drug-likeness (QED) is 0.651. The summed E-state index contributed by atoms with van der Waals surface area (Å²) in [6.45, 7) is 8.06. The van der Waals surface area contributed by atoms with Crippen LogP contribution in [0, 0.1) is 17.8 Å². The van der Waals surface area contributed by atoms with E-state index in [2.05, 4.69) is 4.74 Å². The monoisotopic (exact) mass is 371 g/mol. The second-order valence-corrected chi connectivity index (χ2v) is 7.56. The van der Waals surface area contributed by atoms with Gasteiger partial charge in [0, 0.05) is 38.6 Å². The van der Waals surface area contributed by atoms with Gasteiger partial charge in [0.05, 0.1) is 6.61 Å². The van der Waals surface area contributed by atoms with Gasteiger partial charge in [0.1, 0.15) is 5.78 Å². The molecule has 2 aliphatic rings. The van der Waals surface area contributed by atoms with Crippen LogP contribution in [-0.2, 0) is 19.1 Å². The van der Waals surface area contributed by atoms with Crippen molar-refractivity contribution in [1.82, 2.24) is 0 Å². The lowest BCUT2D eigenvalue weighted by Crippen LogP contribution is -2.25. The number of carbonyl (C=O) groups is 2. The van der Waals surface area contributed by atoms with Gasteiger partial charge in [-0.05, 0) is 38.5 Å². The first-order chi connectivity index (χ1) is 12.4. The summed E-state index contributed by atoms with van der Waals surface area (Å²) in [5.74, 6) is 1.62. The van der Waals surface area contributed by atoms with Gasteiger partial charge in [-0.15, -0.1) is 0 Å². The summed E-state index contributed by atoms with van der Waals surface area (Å²) in [6, 6.07) is 0. The van der Waals surface area contributed by atoms with Gasteiger partial charge in [0.25, 0.3) is 0 Å². The maximum atomic E-state index is 11.1. The van der Waals surface area contributed by atoms with Crippen molar-refractivity contribution in [3.63, 3.8) is 0 Å². The Hall–Kier alpha value is -0.940. The van der Waals surface area contributed by atoms with E-state index in [9.17, 15) is 9.59 Å². The molecule has 5 heteroatoms. The first-order valence-corrected chi connectivity index (χ1v) is 10.3. The molecule has 2 saturated carbocycles. The lowest BCUT2D eigenvalue weighted by molar-refractivity contribution is -0.128. The number of carbonyl (C=O) groups excluding carboxylic acids is 2. The maximum Gasteiger partial charge on any atom is 0.219 e. The SMILES string of the molecule is CC(C)C(=O)C1CCC1.CCOC.NC(=O)CCOCC1CCCCC1. The largest absolute Gasteiger partial charge is 0.385 e. The third-order valence-corrected chi connectivity index (χ3v) is 4.94. The molecule has 26 heavy (non-hydrogen) atoms. The Morgan fingerprint density at radius 1 is 1.04 bits per heavy atom. The maximum absolute atomic E-state index is 11.1. The first kappa shape index (κ1) is 25.1. The standard InChI is InChI=1S/C10H19NO2.C8H14O.C3H8O/c11-10(12)6-7-13-8-9-4-2-1-3-5-9;1-6(2)8(9)7-4-3-5-7;1-3-4-2/h9H,1-8H2,(H2,11,12);6-7H,3-5H2,1-2H3;3H2,1-2H3. The Bertz CT molecular complexity index is 359. The number of nitrogens with two attached hydrogens (primary N) is 1. The number of amides is 1. The molecule has 0 unspecified atom stereocenters. The number of primary amides is 1. The van der Waals surface area contributed by atoms with Gasteiger partial charge in [-0.1, -0.05) is 39.5 Å². The Morgan fingerprint density at radius 3 is 1.96 bits per heavy atom. The fourth-order valence-corrected chi connectivity index (χ4v) is 2.94. The molecule has 0 aromatic heterocycles. The minimum atomic E-state index is -0.274. The molecule has 154 valence electrons. The minimum Gasteiger partial charge on any atom is -0.385 e. The zero-order valence-electron chi connectivity index (χ0n) is 17.4. The highest BCUT2D eigenvalue weighted by Gasteiger charge is 2.26. The Balaban J connectivity index is 0.000000416. The summed E-state index contributed by atoms with van der Waals surface area (Å²) < 4.78 is 9.92. The number of ether oxygens (including phenoxy) is 2. The van der Waals surface area contributed by atoms with Crippen molar-refractivity contribution in [3.8, 4) is 0 Å². The van der Waals surface area contributed by atoms with Crippen molar-refractivity contribution >= 4 is 11.7 Å². The smallest absolute Gasteiger partial charge is 0.219 e. The summed E-state index contributed by atoms with van der Waals surface area (Å²) in [4.78, 5) is 21.5. The third-order valence-electron chi connectivity index (χ3n) is 4.94. The van der Waals surface area contributed by atoms with E-state index in [4.69, 9.17) is 10.5 Å². The molecule has 2 N–H and O–H groups in total. The second kappa shape index (κ2) is 16.2. The topological polar surface area (TPSA) is 78.6 Å². The lowest BCUT2D eigenvalue weighted by Gasteiger charge is -2.25. The van der Waals surface area contributed by atoms with Crippen LogP contribution in [0.25, 0.3) is 0 Å². The highest BCUT2D eigenvalue weighted by atomic mass is 16.5. The van der Waals surface area contributed by atoms with Gasteiger partial charge in [-0.25, -0.2) is 0 Å². The van der Waals surface area contributed by atoms with Gasteiger partial charge in [-0.3, -0.25) is 9.59 Å². The van der Waals surface area contributed by atoms with E-state index < -0.39 is 0 Å². The van der Waals surface area contributed by atoms with Gasteiger partial charge in [0.2, 0.25) is 5.91 Å². The van der Waals surface area contributed by atoms with E-state index in [-0.39, 0.29) is 11.8 Å². The van der Waals surface area contributed by atoms with Crippen LogP contribution in [0.15, 0.2) is 0 Å². The number of methoxy groups -OCH3 is 1. The number of Topliss-reactive ketones (excluding diaryl/α,β-unsaturated/α-hetero) is 1. The molecule has 0 saturated heterocycles.